The third-order valence-corrected chi connectivity index (χ3v) is 7.02. The number of piperazine rings is 1. The molecule has 9 heteroatoms. The molecule has 1 fully saturated rings. The summed E-state index contributed by atoms with van der Waals surface area (Å²) in [6, 6.07) is 16.8. The number of fused-ring (bicyclic) bond motifs is 1. The number of likely N-dealkylation sites (N-methyl/N-ethyl adjacent to an activating group) is 2. The number of anilines is 3. The van der Waals surface area contributed by atoms with E-state index in [2.05, 4.69) is 32.5 Å². The lowest BCUT2D eigenvalue weighted by Gasteiger charge is -2.33. The fourth-order valence-electron chi connectivity index (χ4n) is 4.63. The van der Waals surface area contributed by atoms with Crippen LogP contribution in [-0.4, -0.2) is 73.4 Å². The molecule has 3 heterocycles. The molecule has 1 aromatic heterocycles. The molecule has 0 radical (unpaired) electrons. The van der Waals surface area contributed by atoms with Crippen LogP contribution in [0.5, 0.6) is 0 Å². The summed E-state index contributed by atoms with van der Waals surface area (Å²) in [6.07, 6.45) is 3.34. The first-order chi connectivity index (χ1) is 17.9. The van der Waals surface area contributed by atoms with Gasteiger partial charge in [-0.3, -0.25) is 19.5 Å². The summed E-state index contributed by atoms with van der Waals surface area (Å²) in [5.41, 5.74) is 4.67. The molecule has 5 rings (SSSR count). The topological polar surface area (TPSA) is 80.8 Å². The van der Waals surface area contributed by atoms with Crippen LogP contribution in [0.3, 0.4) is 0 Å². The van der Waals surface area contributed by atoms with E-state index in [9.17, 15) is 9.59 Å². The molecule has 2 aliphatic rings. The molecule has 2 aromatic carbocycles. The highest BCUT2D eigenvalue weighted by Crippen LogP contribution is 2.39. The fraction of sp³-hybridized carbons (Fsp3) is 0.250. The Labute approximate surface area is 221 Å². The first-order valence-electron chi connectivity index (χ1n) is 12.2. The minimum atomic E-state index is -0.228. The summed E-state index contributed by atoms with van der Waals surface area (Å²) in [5, 5.41) is 6.91. The lowest BCUT2D eigenvalue weighted by atomic mass is 10.00. The van der Waals surface area contributed by atoms with E-state index >= 15 is 0 Å². The van der Waals surface area contributed by atoms with E-state index < -0.39 is 0 Å². The molecule has 37 heavy (non-hydrogen) atoms. The average molecular weight is 517 g/mol. The van der Waals surface area contributed by atoms with Crippen LogP contribution in [0.2, 0.25) is 5.02 Å². The lowest BCUT2D eigenvalue weighted by molar-refractivity contribution is -0.119. The number of hydrogen-bond acceptors (Lipinski definition) is 6. The number of hydrogen-bond donors (Lipinski definition) is 2. The molecule has 3 aromatic rings. The second-order valence-electron chi connectivity index (χ2n) is 9.31. The van der Waals surface area contributed by atoms with Crippen molar-refractivity contribution in [3.05, 3.63) is 83.1 Å². The minimum absolute atomic E-state index is 0.00804. The van der Waals surface area contributed by atoms with Crippen molar-refractivity contribution in [1.82, 2.24) is 14.8 Å². The highest BCUT2D eigenvalue weighted by atomic mass is 35.5. The largest absolute Gasteiger partial charge is 0.351 e. The zero-order chi connectivity index (χ0) is 25.9. The van der Waals surface area contributed by atoms with Crippen molar-refractivity contribution in [2.75, 3.05) is 62.4 Å². The first kappa shape index (κ1) is 25.0. The number of carbonyl (C=O) groups excluding carboxylic acids is 2. The molecular formula is C28H29ClN6O2. The van der Waals surface area contributed by atoms with Gasteiger partial charge in [0.05, 0.1) is 41.1 Å². The van der Waals surface area contributed by atoms with Gasteiger partial charge in [0, 0.05) is 50.0 Å². The number of amides is 2. The summed E-state index contributed by atoms with van der Waals surface area (Å²) in [6.45, 7) is 3.96. The average Bonchev–Trinajstić information content (AvgIpc) is 3.23. The molecule has 8 nitrogen and oxygen atoms in total. The molecule has 0 saturated carbocycles. The van der Waals surface area contributed by atoms with Crippen LogP contribution in [0.4, 0.5) is 17.1 Å². The van der Waals surface area contributed by atoms with E-state index in [1.165, 1.54) is 0 Å². The maximum Gasteiger partial charge on any atom is 0.258 e. The quantitative estimate of drug-likeness (QED) is 0.484. The molecule has 0 unspecified atom stereocenters. The number of nitrogens with one attached hydrogen (secondary N) is 2. The fourth-order valence-corrected chi connectivity index (χ4v) is 4.80. The Hall–Kier alpha value is -3.72. The van der Waals surface area contributed by atoms with Gasteiger partial charge in [0.2, 0.25) is 5.91 Å². The Morgan fingerprint density at radius 3 is 2.62 bits per heavy atom. The molecule has 0 atom stereocenters. The maximum absolute atomic E-state index is 13.2. The molecule has 0 spiro atoms. The standard InChI is InChI=1S/C28H29ClN6O2/c1-33-12-14-35(15-13-33)18-25(36)34(2)24-10-11-30-17-23(24)31-27(19-6-4-3-5-7-19)26-21-9-8-20(29)16-22(21)32-28(26)37/h3-11,16-17,31H,12-15,18H2,1-2H3,(H,32,37)/b27-26-. The normalized spacial score (nSPS) is 17.2. The minimum Gasteiger partial charge on any atom is -0.351 e. The van der Waals surface area contributed by atoms with E-state index in [0.717, 1.165) is 37.3 Å². The molecule has 2 N–H and O–H groups in total. The summed E-state index contributed by atoms with van der Waals surface area (Å²) >= 11 is 6.17. The Balaban J connectivity index is 1.50. The second-order valence-corrected chi connectivity index (χ2v) is 9.75. The van der Waals surface area contributed by atoms with Crippen LogP contribution < -0.4 is 15.5 Å². The van der Waals surface area contributed by atoms with Gasteiger partial charge in [-0.05, 0) is 30.8 Å². The Morgan fingerprint density at radius 1 is 1.11 bits per heavy atom. The van der Waals surface area contributed by atoms with Crippen molar-refractivity contribution in [2.45, 2.75) is 0 Å². The zero-order valence-corrected chi connectivity index (χ0v) is 21.6. The van der Waals surface area contributed by atoms with Crippen molar-refractivity contribution < 1.29 is 9.59 Å². The Bertz CT molecular complexity index is 1350. The zero-order valence-electron chi connectivity index (χ0n) is 20.9. The van der Waals surface area contributed by atoms with Gasteiger partial charge >= 0.3 is 0 Å². The van der Waals surface area contributed by atoms with Crippen LogP contribution >= 0.6 is 11.6 Å². The van der Waals surface area contributed by atoms with Crippen LogP contribution in [-0.2, 0) is 9.59 Å². The highest BCUT2D eigenvalue weighted by molar-refractivity contribution is 6.38. The molecule has 190 valence electrons. The molecule has 0 bridgehead atoms. The molecule has 2 aliphatic heterocycles. The Morgan fingerprint density at radius 2 is 1.86 bits per heavy atom. The molecule has 2 amide bonds. The number of benzene rings is 2. The maximum atomic E-state index is 13.2. The van der Waals surface area contributed by atoms with Crippen molar-refractivity contribution in [1.29, 1.82) is 0 Å². The molecular weight excluding hydrogens is 488 g/mol. The second kappa shape index (κ2) is 10.7. The summed E-state index contributed by atoms with van der Waals surface area (Å²) in [5.74, 6) is -0.236. The third-order valence-electron chi connectivity index (χ3n) is 6.79. The lowest BCUT2D eigenvalue weighted by Crippen LogP contribution is -2.48. The highest BCUT2D eigenvalue weighted by Gasteiger charge is 2.29. The number of pyridine rings is 1. The number of aromatic nitrogens is 1. The van der Waals surface area contributed by atoms with Gasteiger partial charge in [0.15, 0.2) is 0 Å². The first-order valence-corrected chi connectivity index (χ1v) is 12.6. The van der Waals surface area contributed by atoms with Gasteiger partial charge in [0.25, 0.3) is 5.91 Å². The molecule has 1 saturated heterocycles. The van der Waals surface area contributed by atoms with E-state index in [-0.39, 0.29) is 11.8 Å². The van der Waals surface area contributed by atoms with Crippen molar-refractivity contribution >= 4 is 51.7 Å². The van der Waals surface area contributed by atoms with Crippen LogP contribution in [0.1, 0.15) is 11.1 Å². The number of nitrogens with zero attached hydrogens (tertiary/aromatic N) is 4. The van der Waals surface area contributed by atoms with Gasteiger partial charge in [-0.25, -0.2) is 0 Å². The van der Waals surface area contributed by atoms with Crippen LogP contribution in [0.25, 0.3) is 11.3 Å². The van der Waals surface area contributed by atoms with Crippen molar-refractivity contribution in [2.24, 2.45) is 0 Å². The Kier molecular flexibility index (Phi) is 7.23. The number of halogens is 1. The van der Waals surface area contributed by atoms with Gasteiger partial charge in [-0.15, -0.1) is 0 Å². The third kappa shape index (κ3) is 5.36. The van der Waals surface area contributed by atoms with Gasteiger partial charge < -0.3 is 20.4 Å². The summed E-state index contributed by atoms with van der Waals surface area (Å²) in [7, 11) is 3.87. The van der Waals surface area contributed by atoms with Crippen LogP contribution in [0.15, 0.2) is 67.0 Å². The van der Waals surface area contributed by atoms with E-state index in [0.29, 0.717) is 39.9 Å². The predicted molar refractivity (Wildman–Crippen MR) is 149 cm³/mol. The van der Waals surface area contributed by atoms with Crippen LogP contribution in [0, 0.1) is 0 Å². The smallest absolute Gasteiger partial charge is 0.258 e. The SMILES string of the molecule is CN1CCN(CC(=O)N(C)c2ccncc2N/C(=C2\C(=O)Nc3cc(Cl)ccc32)c2ccccc2)CC1. The number of carbonyl (C=O) groups is 2. The summed E-state index contributed by atoms with van der Waals surface area (Å²) in [4.78, 5) is 36.8. The van der Waals surface area contributed by atoms with Crippen molar-refractivity contribution in [3.8, 4) is 0 Å². The van der Waals surface area contributed by atoms with E-state index in [1.54, 1.807) is 42.5 Å². The van der Waals surface area contributed by atoms with Gasteiger partial charge in [-0.1, -0.05) is 48.0 Å². The van der Waals surface area contributed by atoms with Gasteiger partial charge in [-0.2, -0.15) is 0 Å². The predicted octanol–water partition coefficient (Wildman–Crippen LogP) is 3.88. The van der Waals surface area contributed by atoms with E-state index in [4.69, 9.17) is 11.6 Å². The summed E-state index contributed by atoms with van der Waals surface area (Å²) < 4.78 is 0. The molecule has 0 aliphatic carbocycles. The monoisotopic (exact) mass is 516 g/mol. The van der Waals surface area contributed by atoms with Crippen molar-refractivity contribution in [3.63, 3.8) is 0 Å². The number of rotatable bonds is 6. The van der Waals surface area contributed by atoms with E-state index in [1.807, 2.05) is 36.4 Å². The van der Waals surface area contributed by atoms with Gasteiger partial charge in [0.1, 0.15) is 0 Å².